The van der Waals surface area contributed by atoms with Gasteiger partial charge in [-0.25, -0.2) is 4.98 Å². The van der Waals surface area contributed by atoms with E-state index in [0.717, 1.165) is 26.7 Å². The second kappa shape index (κ2) is 6.48. The maximum Gasteiger partial charge on any atom is 0.267 e. The van der Waals surface area contributed by atoms with E-state index in [2.05, 4.69) is 10.3 Å². The standard InChI is InChI=1S/C21H17N3O2S/c1-11-6-7-14-10-16-18(22)19(27-21(16)24-17(14)8-11)20(26)23-15-5-3-4-13(9-15)12(2)25/h3-10H,22H2,1-2H3,(H,23,26). The maximum absolute atomic E-state index is 12.7. The highest BCUT2D eigenvalue weighted by atomic mass is 32.1. The molecule has 4 aromatic rings. The molecule has 2 heterocycles. The number of anilines is 2. The quantitative estimate of drug-likeness (QED) is 0.504. The molecule has 0 unspecified atom stereocenters. The van der Waals surface area contributed by atoms with Gasteiger partial charge in [0.25, 0.3) is 5.91 Å². The van der Waals surface area contributed by atoms with Crippen molar-refractivity contribution in [1.82, 2.24) is 4.98 Å². The van der Waals surface area contributed by atoms with Gasteiger partial charge in [-0.05, 0) is 43.7 Å². The van der Waals surface area contributed by atoms with Crippen molar-refractivity contribution in [1.29, 1.82) is 0 Å². The highest BCUT2D eigenvalue weighted by Crippen LogP contribution is 2.35. The molecule has 0 atom stereocenters. The van der Waals surface area contributed by atoms with E-state index in [1.54, 1.807) is 24.3 Å². The number of carbonyl (C=O) groups excluding carboxylic acids is 2. The van der Waals surface area contributed by atoms with Crippen LogP contribution >= 0.6 is 11.3 Å². The van der Waals surface area contributed by atoms with Crippen LogP contribution in [0, 0.1) is 6.92 Å². The van der Waals surface area contributed by atoms with E-state index < -0.39 is 0 Å². The molecule has 0 radical (unpaired) electrons. The molecule has 0 bridgehead atoms. The highest BCUT2D eigenvalue weighted by molar-refractivity contribution is 7.21. The van der Waals surface area contributed by atoms with E-state index in [4.69, 9.17) is 5.73 Å². The first-order valence-electron chi connectivity index (χ1n) is 8.44. The van der Waals surface area contributed by atoms with Crippen molar-refractivity contribution >= 4 is 55.5 Å². The number of rotatable bonds is 3. The summed E-state index contributed by atoms with van der Waals surface area (Å²) in [5.41, 5.74) is 9.77. The van der Waals surface area contributed by atoms with E-state index in [9.17, 15) is 9.59 Å². The maximum atomic E-state index is 12.7. The summed E-state index contributed by atoms with van der Waals surface area (Å²) in [6.07, 6.45) is 0. The number of nitrogens with zero attached hydrogens (tertiary/aromatic N) is 1. The monoisotopic (exact) mass is 375 g/mol. The van der Waals surface area contributed by atoms with Crippen LogP contribution < -0.4 is 11.1 Å². The fourth-order valence-electron chi connectivity index (χ4n) is 2.98. The van der Waals surface area contributed by atoms with E-state index in [-0.39, 0.29) is 11.7 Å². The minimum atomic E-state index is -0.309. The van der Waals surface area contributed by atoms with Crippen LogP contribution in [0.5, 0.6) is 0 Å². The molecular formula is C21H17N3O2S. The van der Waals surface area contributed by atoms with Crippen LogP contribution in [-0.2, 0) is 0 Å². The molecule has 2 aromatic carbocycles. The lowest BCUT2D eigenvalue weighted by atomic mass is 10.1. The highest BCUT2D eigenvalue weighted by Gasteiger charge is 2.18. The first-order chi connectivity index (χ1) is 12.9. The molecule has 27 heavy (non-hydrogen) atoms. The predicted octanol–water partition coefficient (Wildman–Crippen LogP) is 4.80. The normalized spacial score (nSPS) is 11.0. The summed E-state index contributed by atoms with van der Waals surface area (Å²) in [7, 11) is 0. The van der Waals surface area contributed by atoms with Crippen molar-refractivity contribution in [2.75, 3.05) is 11.1 Å². The van der Waals surface area contributed by atoms with Crippen LogP contribution in [0.1, 0.15) is 32.5 Å². The number of aryl methyl sites for hydroxylation is 1. The summed E-state index contributed by atoms with van der Waals surface area (Å²) >= 11 is 1.27. The molecule has 0 aliphatic carbocycles. The zero-order valence-corrected chi connectivity index (χ0v) is 15.7. The zero-order chi connectivity index (χ0) is 19.1. The summed E-state index contributed by atoms with van der Waals surface area (Å²) in [6.45, 7) is 3.51. The largest absolute Gasteiger partial charge is 0.397 e. The number of benzene rings is 2. The number of ketones is 1. The number of nitrogens with two attached hydrogens (primary N) is 1. The molecule has 6 heteroatoms. The second-order valence-electron chi connectivity index (χ2n) is 6.47. The number of Topliss-reactive ketones (excluding diaryl/α,β-unsaturated/α-hetero) is 1. The Morgan fingerprint density at radius 3 is 2.70 bits per heavy atom. The molecule has 0 fully saturated rings. The second-order valence-corrected chi connectivity index (χ2v) is 7.47. The minimum absolute atomic E-state index is 0.0568. The SMILES string of the molecule is CC(=O)c1cccc(NC(=O)c2sc3nc4cc(C)ccc4cc3c2N)c1. The number of amides is 1. The fourth-order valence-corrected chi connectivity index (χ4v) is 3.96. The summed E-state index contributed by atoms with van der Waals surface area (Å²) in [5.74, 6) is -0.366. The number of hydrogen-bond donors (Lipinski definition) is 2. The van der Waals surface area contributed by atoms with Crippen molar-refractivity contribution in [2.24, 2.45) is 0 Å². The Kier molecular flexibility index (Phi) is 4.12. The zero-order valence-electron chi connectivity index (χ0n) is 14.9. The van der Waals surface area contributed by atoms with Gasteiger partial charge in [0.1, 0.15) is 9.71 Å². The number of carbonyl (C=O) groups is 2. The molecule has 134 valence electrons. The summed E-state index contributed by atoms with van der Waals surface area (Å²) in [5, 5.41) is 4.58. The third kappa shape index (κ3) is 3.15. The molecule has 0 saturated heterocycles. The number of pyridine rings is 1. The minimum Gasteiger partial charge on any atom is -0.397 e. The van der Waals surface area contributed by atoms with Gasteiger partial charge in [-0.2, -0.15) is 0 Å². The van der Waals surface area contributed by atoms with Gasteiger partial charge in [0, 0.05) is 22.0 Å². The lowest BCUT2D eigenvalue weighted by Gasteiger charge is -2.05. The number of nitrogens with one attached hydrogen (secondary N) is 1. The van der Waals surface area contributed by atoms with Gasteiger partial charge in [0.2, 0.25) is 0 Å². The lowest BCUT2D eigenvalue weighted by Crippen LogP contribution is -2.12. The summed E-state index contributed by atoms with van der Waals surface area (Å²) < 4.78 is 0. The lowest BCUT2D eigenvalue weighted by molar-refractivity contribution is 0.101. The van der Waals surface area contributed by atoms with Gasteiger partial charge in [0.15, 0.2) is 5.78 Å². The van der Waals surface area contributed by atoms with Gasteiger partial charge in [-0.1, -0.05) is 24.3 Å². The van der Waals surface area contributed by atoms with Crippen LogP contribution in [-0.4, -0.2) is 16.7 Å². The molecular weight excluding hydrogens is 358 g/mol. The molecule has 4 rings (SSSR count). The number of fused-ring (bicyclic) bond motifs is 2. The molecule has 0 aliphatic rings. The predicted molar refractivity (Wildman–Crippen MR) is 111 cm³/mol. The molecule has 3 N–H and O–H groups in total. The molecule has 1 amide bonds. The number of aromatic nitrogens is 1. The van der Waals surface area contributed by atoms with Crippen molar-refractivity contribution < 1.29 is 9.59 Å². The van der Waals surface area contributed by atoms with Crippen molar-refractivity contribution in [3.63, 3.8) is 0 Å². The van der Waals surface area contributed by atoms with Gasteiger partial charge < -0.3 is 11.1 Å². The topological polar surface area (TPSA) is 85.1 Å². The Hall–Kier alpha value is -3.25. The average molecular weight is 375 g/mol. The van der Waals surface area contributed by atoms with E-state index in [1.807, 2.05) is 31.2 Å². The van der Waals surface area contributed by atoms with E-state index in [0.29, 0.717) is 21.8 Å². The van der Waals surface area contributed by atoms with Gasteiger partial charge in [-0.15, -0.1) is 11.3 Å². The van der Waals surface area contributed by atoms with Crippen molar-refractivity contribution in [2.45, 2.75) is 13.8 Å². The Labute approximate surface area is 159 Å². The molecule has 5 nitrogen and oxygen atoms in total. The first kappa shape index (κ1) is 17.2. The van der Waals surface area contributed by atoms with Gasteiger partial charge in [0.05, 0.1) is 11.2 Å². The summed E-state index contributed by atoms with van der Waals surface area (Å²) in [6, 6.07) is 14.8. The number of thiophene rings is 1. The van der Waals surface area contributed by atoms with Crippen molar-refractivity contribution in [3.8, 4) is 0 Å². The third-order valence-electron chi connectivity index (χ3n) is 4.40. The fraction of sp³-hybridized carbons (Fsp3) is 0.0952. The van der Waals surface area contributed by atoms with E-state index in [1.165, 1.54) is 18.3 Å². The van der Waals surface area contributed by atoms with Crippen LogP contribution in [0.2, 0.25) is 0 Å². The Morgan fingerprint density at radius 1 is 1.11 bits per heavy atom. The molecule has 0 saturated carbocycles. The number of hydrogen-bond acceptors (Lipinski definition) is 5. The van der Waals surface area contributed by atoms with Crippen LogP contribution in [0.4, 0.5) is 11.4 Å². The van der Waals surface area contributed by atoms with Crippen LogP contribution in [0.3, 0.4) is 0 Å². The summed E-state index contributed by atoms with van der Waals surface area (Å²) in [4.78, 5) is 30.1. The smallest absolute Gasteiger partial charge is 0.267 e. The van der Waals surface area contributed by atoms with Crippen molar-refractivity contribution in [3.05, 3.63) is 64.5 Å². The molecule has 2 aromatic heterocycles. The Morgan fingerprint density at radius 2 is 1.93 bits per heavy atom. The number of nitrogen functional groups attached to an aromatic ring is 1. The molecule has 0 spiro atoms. The Bertz CT molecular complexity index is 1230. The average Bonchev–Trinajstić information content (AvgIpc) is 2.96. The van der Waals surface area contributed by atoms with E-state index >= 15 is 0 Å². The molecule has 0 aliphatic heterocycles. The third-order valence-corrected chi connectivity index (χ3v) is 5.52. The van der Waals surface area contributed by atoms with Gasteiger partial charge >= 0.3 is 0 Å². The van der Waals surface area contributed by atoms with Gasteiger partial charge in [-0.3, -0.25) is 9.59 Å². The first-order valence-corrected chi connectivity index (χ1v) is 9.26. The van der Waals surface area contributed by atoms with Crippen LogP contribution in [0.25, 0.3) is 21.1 Å². The Balaban J connectivity index is 1.73. The van der Waals surface area contributed by atoms with Crippen LogP contribution in [0.15, 0.2) is 48.5 Å².